The monoisotopic (exact) mass is 552 g/mol. The molecule has 196 valence electrons. The molecule has 1 amide bonds. The minimum absolute atomic E-state index is 0.0261. The highest BCUT2D eigenvalue weighted by molar-refractivity contribution is 7.99. The maximum absolute atomic E-state index is 12.8. The van der Waals surface area contributed by atoms with Crippen molar-refractivity contribution < 1.29 is 23.8 Å². The maximum atomic E-state index is 12.8. The molecule has 4 aromatic rings. The Kier molecular flexibility index (Phi) is 9.23. The lowest BCUT2D eigenvalue weighted by atomic mass is 10.2. The average molecular weight is 553 g/mol. The molecule has 1 aromatic heterocycles. The van der Waals surface area contributed by atoms with Crippen LogP contribution < -0.4 is 14.8 Å². The highest BCUT2D eigenvalue weighted by Crippen LogP contribution is 2.29. The van der Waals surface area contributed by atoms with Gasteiger partial charge in [0, 0.05) is 5.69 Å². The van der Waals surface area contributed by atoms with Gasteiger partial charge in [0.25, 0.3) is 0 Å². The van der Waals surface area contributed by atoms with Gasteiger partial charge >= 0.3 is 5.97 Å². The standard InChI is InChI=1S/C27H25ClN4O5S/c1-3-36-26(34)18-13-14-20(28)21(15-18)29-25(33)17-38-27-31-30-24(32(27)19-9-5-4-6-10-19)16-37-23-12-8-7-11-22(23)35-2/h4-15H,3,16-17H2,1-2H3,(H,29,33). The minimum atomic E-state index is -0.493. The zero-order chi connectivity index (χ0) is 26.9. The average Bonchev–Trinajstić information content (AvgIpc) is 3.35. The zero-order valence-corrected chi connectivity index (χ0v) is 22.3. The molecule has 1 heterocycles. The predicted octanol–water partition coefficient (Wildman–Crippen LogP) is 5.42. The second kappa shape index (κ2) is 13.0. The Morgan fingerprint density at radius 3 is 2.47 bits per heavy atom. The molecule has 0 aliphatic carbocycles. The molecule has 9 nitrogen and oxygen atoms in total. The van der Waals surface area contributed by atoms with E-state index in [1.54, 1.807) is 20.1 Å². The number of thioether (sulfide) groups is 1. The van der Waals surface area contributed by atoms with Crippen molar-refractivity contribution in [1.82, 2.24) is 14.8 Å². The fraction of sp³-hybridized carbons (Fsp3) is 0.185. The highest BCUT2D eigenvalue weighted by Gasteiger charge is 2.18. The Labute approximate surface area is 229 Å². The number of benzene rings is 3. The van der Waals surface area contributed by atoms with Crippen LogP contribution in [0.4, 0.5) is 5.69 Å². The predicted molar refractivity (Wildman–Crippen MR) is 145 cm³/mol. The number of amides is 1. The van der Waals surface area contributed by atoms with Gasteiger partial charge in [0.05, 0.1) is 35.7 Å². The number of hydrogen-bond acceptors (Lipinski definition) is 8. The molecule has 0 aliphatic heterocycles. The van der Waals surface area contributed by atoms with Crippen LogP contribution in [0.2, 0.25) is 5.02 Å². The Bertz CT molecular complexity index is 1410. The van der Waals surface area contributed by atoms with E-state index < -0.39 is 5.97 Å². The summed E-state index contributed by atoms with van der Waals surface area (Å²) in [5.41, 5.74) is 1.44. The van der Waals surface area contributed by atoms with Gasteiger partial charge in [-0.1, -0.05) is 53.7 Å². The molecule has 0 radical (unpaired) electrons. The zero-order valence-electron chi connectivity index (χ0n) is 20.7. The van der Waals surface area contributed by atoms with E-state index in [0.717, 1.165) is 5.69 Å². The van der Waals surface area contributed by atoms with Crippen LogP contribution in [0.1, 0.15) is 23.1 Å². The van der Waals surface area contributed by atoms with Crippen LogP contribution in [0, 0.1) is 0 Å². The second-order valence-corrected chi connectivity index (χ2v) is 9.11. The van der Waals surface area contributed by atoms with Crippen LogP contribution in [0.5, 0.6) is 11.5 Å². The number of methoxy groups -OCH3 is 1. The largest absolute Gasteiger partial charge is 0.493 e. The van der Waals surface area contributed by atoms with Crippen LogP contribution in [-0.2, 0) is 16.1 Å². The number of hydrogen-bond donors (Lipinski definition) is 1. The van der Waals surface area contributed by atoms with Crippen molar-refractivity contribution in [3.63, 3.8) is 0 Å². The summed E-state index contributed by atoms with van der Waals surface area (Å²) >= 11 is 7.44. The van der Waals surface area contributed by atoms with E-state index in [-0.39, 0.29) is 24.9 Å². The van der Waals surface area contributed by atoms with E-state index in [0.29, 0.717) is 38.8 Å². The van der Waals surface area contributed by atoms with Gasteiger partial charge < -0.3 is 19.5 Å². The smallest absolute Gasteiger partial charge is 0.338 e. The van der Waals surface area contributed by atoms with E-state index in [2.05, 4.69) is 15.5 Å². The molecular weight excluding hydrogens is 528 g/mol. The molecule has 0 spiro atoms. The Morgan fingerprint density at radius 2 is 1.74 bits per heavy atom. The normalized spacial score (nSPS) is 10.6. The molecule has 0 atom stereocenters. The molecule has 3 aromatic carbocycles. The van der Waals surface area contributed by atoms with Gasteiger partial charge in [0.2, 0.25) is 5.91 Å². The summed E-state index contributed by atoms with van der Waals surface area (Å²) in [6.45, 7) is 2.09. The molecule has 0 unspecified atom stereocenters. The van der Waals surface area contributed by atoms with Crippen molar-refractivity contribution in [3.8, 4) is 17.2 Å². The number of rotatable bonds is 11. The number of nitrogens with one attached hydrogen (secondary N) is 1. The number of halogens is 1. The van der Waals surface area contributed by atoms with Gasteiger partial charge in [-0.2, -0.15) is 0 Å². The summed E-state index contributed by atoms with van der Waals surface area (Å²) in [6.07, 6.45) is 0. The van der Waals surface area contributed by atoms with Gasteiger partial charge in [0.1, 0.15) is 6.61 Å². The van der Waals surface area contributed by atoms with E-state index in [1.807, 2.05) is 59.2 Å². The molecule has 0 saturated carbocycles. The van der Waals surface area contributed by atoms with E-state index >= 15 is 0 Å². The number of carbonyl (C=O) groups excluding carboxylic acids is 2. The van der Waals surface area contributed by atoms with Crippen molar-refractivity contribution in [2.24, 2.45) is 0 Å². The molecule has 11 heteroatoms. The van der Waals surface area contributed by atoms with Crippen molar-refractivity contribution in [2.45, 2.75) is 18.7 Å². The third-order valence-corrected chi connectivity index (χ3v) is 6.48. The van der Waals surface area contributed by atoms with E-state index in [9.17, 15) is 9.59 Å². The Morgan fingerprint density at radius 1 is 1.00 bits per heavy atom. The Balaban J connectivity index is 1.49. The molecule has 4 rings (SSSR count). The van der Waals surface area contributed by atoms with Crippen molar-refractivity contribution >= 4 is 40.9 Å². The molecule has 0 bridgehead atoms. The summed E-state index contributed by atoms with van der Waals surface area (Å²) in [7, 11) is 1.58. The molecule has 0 fully saturated rings. The van der Waals surface area contributed by atoms with Crippen molar-refractivity contribution in [2.75, 3.05) is 24.8 Å². The maximum Gasteiger partial charge on any atom is 0.338 e. The quantitative estimate of drug-likeness (QED) is 0.194. The van der Waals surface area contributed by atoms with Crippen molar-refractivity contribution in [3.05, 3.63) is 89.2 Å². The number of carbonyl (C=O) groups is 2. The first kappa shape index (κ1) is 27.0. The van der Waals surface area contributed by atoms with Gasteiger partial charge in [-0.15, -0.1) is 10.2 Å². The Hall–Kier alpha value is -4.02. The third-order valence-electron chi connectivity index (χ3n) is 5.22. The summed E-state index contributed by atoms with van der Waals surface area (Å²) < 4.78 is 18.2. The summed E-state index contributed by atoms with van der Waals surface area (Å²) in [6, 6.07) is 21.5. The number of ether oxygens (including phenoxy) is 3. The van der Waals surface area contributed by atoms with Crippen molar-refractivity contribution in [1.29, 1.82) is 0 Å². The molecule has 0 aliphatic rings. The first-order valence-electron chi connectivity index (χ1n) is 11.6. The first-order chi connectivity index (χ1) is 18.5. The first-order valence-corrected chi connectivity index (χ1v) is 13.0. The SMILES string of the molecule is CCOC(=O)c1ccc(Cl)c(NC(=O)CSc2nnc(COc3ccccc3OC)n2-c2ccccc2)c1. The van der Waals surface area contributed by atoms with Crippen LogP contribution in [0.25, 0.3) is 5.69 Å². The van der Waals surface area contributed by atoms with Crippen LogP contribution in [0.15, 0.2) is 78.0 Å². The summed E-state index contributed by atoms with van der Waals surface area (Å²) in [5.74, 6) is 0.942. The minimum Gasteiger partial charge on any atom is -0.493 e. The molecular formula is C27H25ClN4O5S. The summed E-state index contributed by atoms with van der Waals surface area (Å²) in [5, 5.41) is 12.2. The van der Waals surface area contributed by atoms with Gasteiger partial charge in [-0.25, -0.2) is 4.79 Å². The number of aromatic nitrogens is 3. The topological polar surface area (TPSA) is 105 Å². The third kappa shape index (κ3) is 6.64. The molecule has 38 heavy (non-hydrogen) atoms. The number of nitrogens with zero attached hydrogens (tertiary/aromatic N) is 3. The van der Waals surface area contributed by atoms with Gasteiger partial charge in [0.15, 0.2) is 22.5 Å². The van der Waals surface area contributed by atoms with Gasteiger partial charge in [-0.3, -0.25) is 9.36 Å². The number of esters is 1. The lowest BCUT2D eigenvalue weighted by Gasteiger charge is -2.13. The van der Waals surface area contributed by atoms with Crippen LogP contribution in [-0.4, -0.2) is 46.1 Å². The van der Waals surface area contributed by atoms with Crippen LogP contribution >= 0.6 is 23.4 Å². The lowest BCUT2D eigenvalue weighted by molar-refractivity contribution is -0.113. The highest BCUT2D eigenvalue weighted by atomic mass is 35.5. The molecule has 0 saturated heterocycles. The lowest BCUT2D eigenvalue weighted by Crippen LogP contribution is -2.16. The van der Waals surface area contributed by atoms with Crippen LogP contribution in [0.3, 0.4) is 0 Å². The number of para-hydroxylation sites is 3. The fourth-order valence-electron chi connectivity index (χ4n) is 3.48. The second-order valence-electron chi connectivity index (χ2n) is 7.76. The number of anilines is 1. The van der Waals surface area contributed by atoms with E-state index in [4.69, 9.17) is 25.8 Å². The van der Waals surface area contributed by atoms with Gasteiger partial charge in [-0.05, 0) is 49.4 Å². The summed E-state index contributed by atoms with van der Waals surface area (Å²) in [4.78, 5) is 24.8. The van der Waals surface area contributed by atoms with E-state index in [1.165, 1.54) is 23.9 Å². The molecule has 1 N–H and O–H groups in total. The fourth-order valence-corrected chi connectivity index (χ4v) is 4.42.